The lowest BCUT2D eigenvalue weighted by atomic mass is 10.1. The molecule has 5 aromatic rings. The number of nitrogens with one attached hydrogen (secondary N) is 2. The van der Waals surface area contributed by atoms with Crippen LogP contribution in [0.15, 0.2) is 45.6 Å². The molecule has 0 bridgehead atoms. The molecule has 3 fully saturated rings. The second-order valence-corrected chi connectivity index (χ2v) is 21.5. The minimum absolute atomic E-state index is 0.0373. The molecule has 41 heteroatoms. The normalized spacial score (nSPS) is 31.4. The lowest BCUT2D eigenvalue weighted by molar-refractivity contribution is -0.745. The van der Waals surface area contributed by atoms with Crippen LogP contribution in [-0.2, 0) is 66.2 Å². The zero-order valence-electron chi connectivity index (χ0n) is 35.4. The van der Waals surface area contributed by atoms with Gasteiger partial charge in [0.15, 0.2) is 36.4 Å². The molecule has 71 heavy (non-hydrogen) atoms. The molecule has 5 aromatic heterocycles. The third kappa shape index (κ3) is 11.0. The Morgan fingerprint density at radius 1 is 0.775 bits per heavy atom. The standard InChI is InChI=1S/C30H39FN12O24P4/c1-40-9-43(24-16(40)25(49)39-29(33)38-24)28-20(48)18(46)11(63-28)5-60-69(53,54)66-71(57,58)67-70(55,56)61-6-12-21(14(31)26(64-12)42-8-36-15-22(32)34-7-35-23(15)42)65-68(51,52)59-4-10-17(45)19(47)27(62-10)41-3-2-13(44)37-30(41)50/h2-3,7-12,14,17-21,26-28,45-48H,4-6H2,1H3,(H9-,32,33,34,35,37,38,39,44,49,50,51,52,53,54,55,56,57,58)/p+1/t10-,11-,12-,14+,17?,18+,19+,20?,21?,26-,27-,28-/m1/s1. The van der Waals surface area contributed by atoms with Crippen molar-refractivity contribution in [2.75, 3.05) is 31.3 Å². The van der Waals surface area contributed by atoms with Gasteiger partial charge in [-0.05, 0) is 0 Å². The number of nitrogen functional groups attached to an aromatic ring is 2. The molecule has 8 heterocycles. The van der Waals surface area contributed by atoms with Crippen molar-refractivity contribution in [2.45, 2.75) is 73.7 Å². The van der Waals surface area contributed by atoms with Gasteiger partial charge in [-0.3, -0.25) is 51.4 Å². The van der Waals surface area contributed by atoms with E-state index in [1.807, 2.05) is 4.98 Å². The summed E-state index contributed by atoms with van der Waals surface area (Å²) in [6.45, 7) is -3.72. The molecule has 3 saturated heterocycles. The maximum Gasteiger partial charge on any atom is 0.490 e. The van der Waals surface area contributed by atoms with E-state index in [2.05, 4.69) is 38.1 Å². The molecule has 0 aliphatic carbocycles. The molecule has 14 N–H and O–H groups in total. The number of nitrogens with zero attached hydrogens (tertiary/aromatic N) is 8. The summed E-state index contributed by atoms with van der Waals surface area (Å²) in [6.07, 6.45) is -19.0. The van der Waals surface area contributed by atoms with Crippen LogP contribution >= 0.6 is 31.3 Å². The minimum Gasteiger partial charge on any atom is -0.387 e. The Labute approximate surface area is 391 Å². The molecule has 8 rings (SSSR count). The SMILES string of the molecule is Cn1c[n+]([C@@H]2O[C@H](COP(=O)(O)OP(=O)(O)OP(=O)(O)OC[C@H]3O[C@@H](n4cnc5c(N)ncnc54)[C@@H](F)C3OP(=O)(O)OC[C@H]3O[C@@H](n4ccc(=O)[nH]c4=O)[C@@H](O)C3O)[C@H](O)C2O)c2nc(N)[nH]c(=O)c21. The van der Waals surface area contributed by atoms with Gasteiger partial charge in [0.25, 0.3) is 17.1 Å². The average Bonchev–Trinajstić information content (AvgIpc) is 4.05. The number of halogens is 1. The van der Waals surface area contributed by atoms with Crippen molar-refractivity contribution >= 4 is 65.4 Å². The number of hydrogen-bond donors (Lipinski definition) is 12. The van der Waals surface area contributed by atoms with E-state index in [-0.39, 0.29) is 34.1 Å². The number of anilines is 2. The van der Waals surface area contributed by atoms with Gasteiger partial charge in [0.2, 0.25) is 11.7 Å². The van der Waals surface area contributed by atoms with Crippen LogP contribution in [0.2, 0.25) is 0 Å². The third-order valence-electron chi connectivity index (χ3n) is 10.7. The van der Waals surface area contributed by atoms with Crippen LogP contribution in [0.5, 0.6) is 0 Å². The highest BCUT2D eigenvalue weighted by Crippen LogP contribution is 2.68. The number of aryl methyl sites for hydroxylation is 1. The molecule has 36 nitrogen and oxygen atoms in total. The number of fused-ring (bicyclic) bond motifs is 2. The Hall–Kier alpha value is -4.65. The van der Waals surface area contributed by atoms with E-state index in [1.54, 1.807) is 0 Å². The number of aromatic amines is 2. The summed E-state index contributed by atoms with van der Waals surface area (Å²) >= 11 is 0. The molecule has 3 aliphatic heterocycles. The van der Waals surface area contributed by atoms with Gasteiger partial charge in [-0.2, -0.15) is 8.62 Å². The van der Waals surface area contributed by atoms with Gasteiger partial charge in [-0.25, -0.2) is 47.0 Å². The number of rotatable bonds is 18. The zero-order valence-corrected chi connectivity index (χ0v) is 39.0. The summed E-state index contributed by atoms with van der Waals surface area (Å²) in [4.78, 5) is 97.6. The number of phosphoric ester groups is 3. The Morgan fingerprint density at radius 3 is 2.04 bits per heavy atom. The quantitative estimate of drug-likeness (QED) is 0.0290. The van der Waals surface area contributed by atoms with Crippen molar-refractivity contribution in [3.05, 3.63) is 62.4 Å². The first-order chi connectivity index (χ1) is 33.1. The molecule has 3 aliphatic rings. The van der Waals surface area contributed by atoms with E-state index >= 15 is 4.39 Å². The minimum atomic E-state index is -6.24. The van der Waals surface area contributed by atoms with Gasteiger partial charge in [0, 0.05) is 12.3 Å². The highest BCUT2D eigenvalue weighted by Gasteiger charge is 2.54. The molecule has 0 saturated carbocycles. The second-order valence-electron chi connectivity index (χ2n) is 15.5. The Morgan fingerprint density at radius 2 is 1.38 bits per heavy atom. The van der Waals surface area contributed by atoms with E-state index < -0.39 is 142 Å². The van der Waals surface area contributed by atoms with Gasteiger partial charge in [0.1, 0.15) is 60.7 Å². The van der Waals surface area contributed by atoms with Crippen molar-refractivity contribution in [2.24, 2.45) is 7.05 Å². The number of hydrogen-bond acceptors (Lipinski definition) is 26. The first-order valence-corrected chi connectivity index (χ1v) is 25.8. The van der Waals surface area contributed by atoms with Crippen LogP contribution in [0.1, 0.15) is 18.7 Å². The van der Waals surface area contributed by atoms with Crippen LogP contribution in [0, 0.1) is 0 Å². The van der Waals surface area contributed by atoms with Crippen molar-refractivity contribution in [3.8, 4) is 0 Å². The predicted octanol–water partition coefficient (Wildman–Crippen LogP) is -4.55. The summed E-state index contributed by atoms with van der Waals surface area (Å²) in [5, 5.41) is 42.4. The van der Waals surface area contributed by atoms with E-state index in [1.165, 1.54) is 17.9 Å². The lowest BCUT2D eigenvalue weighted by Gasteiger charge is -2.24. The summed E-state index contributed by atoms with van der Waals surface area (Å²) in [5.74, 6) is -0.503. The third-order valence-corrected chi connectivity index (χ3v) is 15.9. The second kappa shape index (κ2) is 19.7. The Bertz CT molecular complexity index is 3210. The van der Waals surface area contributed by atoms with E-state index in [4.69, 9.17) is 39.2 Å². The average molecular weight is 1100 g/mol. The largest absolute Gasteiger partial charge is 0.490 e. The predicted molar refractivity (Wildman–Crippen MR) is 222 cm³/mol. The van der Waals surface area contributed by atoms with E-state index in [9.17, 15) is 72.6 Å². The van der Waals surface area contributed by atoms with Gasteiger partial charge in [-0.15, -0.1) is 0 Å². The zero-order chi connectivity index (χ0) is 51.7. The summed E-state index contributed by atoms with van der Waals surface area (Å²) in [6, 6.07) is 0.893. The summed E-state index contributed by atoms with van der Waals surface area (Å²) in [7, 11) is -22.3. The maximum atomic E-state index is 16.4. The number of nitrogens with two attached hydrogens (primary N) is 2. The van der Waals surface area contributed by atoms with Crippen molar-refractivity contribution in [3.63, 3.8) is 0 Å². The van der Waals surface area contributed by atoms with Gasteiger partial charge in [0.05, 0.1) is 33.2 Å². The lowest BCUT2D eigenvalue weighted by Crippen LogP contribution is -2.46. The number of imidazole rings is 2. The van der Waals surface area contributed by atoms with Crippen LogP contribution in [0.3, 0.4) is 0 Å². The molecule has 0 aromatic carbocycles. The fraction of sp³-hybridized carbons (Fsp3) is 0.533. The number of alkyl halides is 1. The van der Waals surface area contributed by atoms with Gasteiger partial charge in [-0.1, -0.05) is 4.98 Å². The Kier molecular flexibility index (Phi) is 14.6. The number of phosphoric acid groups is 4. The van der Waals surface area contributed by atoms with Gasteiger partial charge < -0.3 is 65.7 Å². The Balaban J connectivity index is 0.917. The van der Waals surface area contributed by atoms with Crippen molar-refractivity contribution in [1.82, 2.24) is 43.6 Å². The molecule has 0 amide bonds. The fourth-order valence-corrected chi connectivity index (χ4v) is 12.0. The number of aromatic nitrogens is 10. The van der Waals surface area contributed by atoms with Gasteiger partial charge >= 0.3 is 42.6 Å². The molecular weight excluding hydrogens is 1060 g/mol. The van der Waals surface area contributed by atoms with Crippen molar-refractivity contribution < 1.29 is 108 Å². The summed E-state index contributed by atoms with van der Waals surface area (Å²) in [5.41, 5.74) is 8.49. The topological polar surface area (TPSA) is 518 Å². The molecule has 7 unspecified atom stereocenters. The highest BCUT2D eigenvalue weighted by atomic mass is 31.3. The van der Waals surface area contributed by atoms with E-state index in [0.717, 1.165) is 34.1 Å². The maximum absolute atomic E-state index is 16.4. The molecule has 390 valence electrons. The molecule has 16 atom stereocenters. The van der Waals surface area contributed by atoms with Crippen LogP contribution < -0.4 is 32.8 Å². The first-order valence-electron chi connectivity index (χ1n) is 19.8. The fourth-order valence-electron chi connectivity index (χ4n) is 7.52. The molecule has 0 radical (unpaired) electrons. The number of aliphatic hydroxyl groups excluding tert-OH is 4. The van der Waals surface area contributed by atoms with E-state index in [0.29, 0.717) is 4.57 Å². The molecular formula is C30H40FN12O24P4+. The first kappa shape index (κ1) is 52.7. The monoisotopic (exact) mass is 1100 g/mol. The number of ether oxygens (including phenoxy) is 3. The molecule has 0 spiro atoms. The van der Waals surface area contributed by atoms with Crippen LogP contribution in [0.25, 0.3) is 22.3 Å². The van der Waals surface area contributed by atoms with Crippen LogP contribution in [0.4, 0.5) is 16.2 Å². The number of aliphatic hydroxyl groups is 4. The smallest absolute Gasteiger partial charge is 0.387 e. The highest BCUT2D eigenvalue weighted by molar-refractivity contribution is 7.66. The van der Waals surface area contributed by atoms with Crippen LogP contribution in [-0.4, -0.2) is 158 Å². The van der Waals surface area contributed by atoms with Crippen molar-refractivity contribution in [1.29, 1.82) is 0 Å². The number of H-pyrrole nitrogens is 2. The summed E-state index contributed by atoms with van der Waals surface area (Å²) < 4.78 is 116.